The fourth-order valence-corrected chi connectivity index (χ4v) is 10.6. The van der Waals surface area contributed by atoms with E-state index < -0.39 is 5.41 Å². The molecule has 3 nitrogen and oxygen atoms in total. The van der Waals surface area contributed by atoms with E-state index in [9.17, 15) is 0 Å². The third-order valence-electron chi connectivity index (χ3n) is 12.0. The summed E-state index contributed by atoms with van der Waals surface area (Å²) in [6.07, 6.45) is 0. The van der Waals surface area contributed by atoms with E-state index in [0.29, 0.717) is 5.82 Å². The minimum absolute atomic E-state index is 0.516. The Balaban J connectivity index is 1.10. The van der Waals surface area contributed by atoms with E-state index in [1.165, 1.54) is 53.6 Å². The number of para-hydroxylation sites is 1. The standard InChI is InChI=1S/C55H34N2OS/c1-3-16-38(17-4-1)55(39-18-5-2-6-19-39)45-25-10-8-21-42(45)52-43(23-14-26-46(52)55)48-34-47(35-29-31-36(32-30-35)50-33-37-15-7-11-27-49(37)58-50)56-54(57-48)44-24-13-22-41-40-20-9-12-28-51(40)59-53(41)44/h1-34H. The van der Waals surface area contributed by atoms with E-state index in [0.717, 1.165) is 50.4 Å². The smallest absolute Gasteiger partial charge is 0.161 e. The third-order valence-corrected chi connectivity index (χ3v) is 13.2. The fourth-order valence-electron chi connectivity index (χ4n) is 9.41. The van der Waals surface area contributed by atoms with Crippen molar-refractivity contribution in [1.82, 2.24) is 9.97 Å². The number of furan rings is 1. The van der Waals surface area contributed by atoms with Crippen molar-refractivity contribution in [1.29, 1.82) is 0 Å². The minimum Gasteiger partial charge on any atom is -0.456 e. The minimum atomic E-state index is -0.516. The van der Waals surface area contributed by atoms with Crippen LogP contribution in [0.15, 0.2) is 211 Å². The molecule has 0 radical (unpaired) electrons. The van der Waals surface area contributed by atoms with Crippen LogP contribution in [0.4, 0.5) is 0 Å². The fraction of sp³-hybridized carbons (Fsp3) is 0.0182. The average molecular weight is 771 g/mol. The van der Waals surface area contributed by atoms with Crippen molar-refractivity contribution in [3.63, 3.8) is 0 Å². The van der Waals surface area contributed by atoms with Crippen LogP contribution >= 0.6 is 11.3 Å². The molecule has 0 amide bonds. The number of nitrogens with zero attached hydrogens (tertiary/aromatic N) is 2. The van der Waals surface area contributed by atoms with E-state index >= 15 is 0 Å². The summed E-state index contributed by atoms with van der Waals surface area (Å²) in [5, 5.41) is 3.56. The molecule has 3 aromatic heterocycles. The summed E-state index contributed by atoms with van der Waals surface area (Å²) < 4.78 is 8.69. The van der Waals surface area contributed by atoms with Crippen molar-refractivity contribution in [3.8, 4) is 56.4 Å². The number of benzene rings is 8. The Kier molecular flexibility index (Phi) is 7.62. The van der Waals surface area contributed by atoms with E-state index in [2.05, 4.69) is 188 Å². The molecular weight excluding hydrogens is 737 g/mol. The highest BCUT2D eigenvalue weighted by atomic mass is 32.1. The maximum Gasteiger partial charge on any atom is 0.161 e. The molecule has 0 saturated heterocycles. The number of hydrogen-bond acceptors (Lipinski definition) is 4. The van der Waals surface area contributed by atoms with Gasteiger partial charge in [0.05, 0.1) is 16.8 Å². The summed E-state index contributed by atoms with van der Waals surface area (Å²) in [5.41, 5.74) is 13.7. The number of hydrogen-bond donors (Lipinski definition) is 0. The molecule has 0 saturated carbocycles. The Labute approximate surface area is 345 Å². The van der Waals surface area contributed by atoms with Gasteiger partial charge in [-0.05, 0) is 63.7 Å². The Morgan fingerprint density at radius 1 is 0.441 bits per heavy atom. The highest BCUT2D eigenvalue weighted by molar-refractivity contribution is 7.26. The molecule has 11 aromatic rings. The van der Waals surface area contributed by atoms with Crippen molar-refractivity contribution < 1.29 is 4.42 Å². The maximum atomic E-state index is 6.25. The van der Waals surface area contributed by atoms with Gasteiger partial charge in [-0.25, -0.2) is 9.97 Å². The van der Waals surface area contributed by atoms with Crippen molar-refractivity contribution in [3.05, 3.63) is 229 Å². The highest BCUT2D eigenvalue weighted by Crippen LogP contribution is 2.58. The molecule has 12 rings (SSSR count). The van der Waals surface area contributed by atoms with Crippen LogP contribution < -0.4 is 0 Å². The van der Waals surface area contributed by atoms with Gasteiger partial charge in [0.2, 0.25) is 0 Å². The van der Waals surface area contributed by atoms with Crippen molar-refractivity contribution in [2.45, 2.75) is 5.41 Å². The van der Waals surface area contributed by atoms with Crippen LogP contribution in [0.25, 0.3) is 87.5 Å². The van der Waals surface area contributed by atoms with Gasteiger partial charge < -0.3 is 4.42 Å². The molecule has 3 heterocycles. The zero-order chi connectivity index (χ0) is 38.9. The molecule has 8 aromatic carbocycles. The second-order valence-electron chi connectivity index (χ2n) is 15.2. The van der Waals surface area contributed by atoms with E-state index in [4.69, 9.17) is 14.4 Å². The zero-order valence-corrected chi connectivity index (χ0v) is 32.7. The van der Waals surface area contributed by atoms with Crippen LogP contribution in [0.2, 0.25) is 0 Å². The molecule has 0 bridgehead atoms. The van der Waals surface area contributed by atoms with Crippen LogP contribution in [0.3, 0.4) is 0 Å². The number of fused-ring (bicyclic) bond motifs is 7. The van der Waals surface area contributed by atoms with Gasteiger partial charge in [0.1, 0.15) is 11.3 Å². The van der Waals surface area contributed by atoms with Crippen molar-refractivity contribution >= 4 is 42.5 Å². The first-order valence-electron chi connectivity index (χ1n) is 20.0. The van der Waals surface area contributed by atoms with Crippen LogP contribution in [-0.2, 0) is 5.41 Å². The summed E-state index contributed by atoms with van der Waals surface area (Å²) in [7, 11) is 0. The Morgan fingerprint density at radius 3 is 1.86 bits per heavy atom. The molecule has 1 aliphatic carbocycles. The summed E-state index contributed by atoms with van der Waals surface area (Å²) in [6.45, 7) is 0. The first kappa shape index (κ1) is 33.7. The second-order valence-corrected chi connectivity index (χ2v) is 16.3. The Bertz CT molecular complexity index is 3310. The van der Waals surface area contributed by atoms with E-state index in [1.807, 2.05) is 18.2 Å². The molecule has 0 spiro atoms. The molecule has 4 heteroatoms. The quantitative estimate of drug-likeness (QED) is 0.169. The predicted octanol–water partition coefficient (Wildman–Crippen LogP) is 14.6. The van der Waals surface area contributed by atoms with Gasteiger partial charge in [-0.3, -0.25) is 0 Å². The van der Waals surface area contributed by atoms with Gasteiger partial charge >= 0.3 is 0 Å². The van der Waals surface area contributed by atoms with Gasteiger partial charge in [0, 0.05) is 47.8 Å². The monoisotopic (exact) mass is 770 g/mol. The molecule has 276 valence electrons. The first-order valence-corrected chi connectivity index (χ1v) is 20.8. The van der Waals surface area contributed by atoms with E-state index in [-0.39, 0.29) is 0 Å². The lowest BCUT2D eigenvalue weighted by Crippen LogP contribution is -2.28. The number of aromatic nitrogens is 2. The molecule has 0 aliphatic heterocycles. The lowest BCUT2D eigenvalue weighted by atomic mass is 9.67. The zero-order valence-electron chi connectivity index (χ0n) is 31.8. The largest absolute Gasteiger partial charge is 0.456 e. The maximum absolute atomic E-state index is 6.25. The van der Waals surface area contributed by atoms with Crippen molar-refractivity contribution in [2.24, 2.45) is 0 Å². The summed E-state index contributed by atoms with van der Waals surface area (Å²) >= 11 is 1.80. The lowest BCUT2D eigenvalue weighted by Gasteiger charge is -2.33. The van der Waals surface area contributed by atoms with Gasteiger partial charge in [0.15, 0.2) is 5.82 Å². The Morgan fingerprint density at radius 2 is 1.05 bits per heavy atom. The topological polar surface area (TPSA) is 38.9 Å². The molecule has 0 unspecified atom stereocenters. The lowest BCUT2D eigenvalue weighted by molar-refractivity contribution is 0.631. The second kappa shape index (κ2) is 13.3. The number of thiophene rings is 1. The van der Waals surface area contributed by atoms with Crippen molar-refractivity contribution in [2.75, 3.05) is 0 Å². The molecule has 1 aliphatic rings. The average Bonchev–Trinajstić information content (AvgIpc) is 4.01. The molecule has 0 atom stereocenters. The van der Waals surface area contributed by atoms with E-state index in [1.54, 1.807) is 11.3 Å². The van der Waals surface area contributed by atoms with Crippen LogP contribution in [-0.4, -0.2) is 9.97 Å². The van der Waals surface area contributed by atoms with Crippen LogP contribution in [0.5, 0.6) is 0 Å². The van der Waals surface area contributed by atoms with Crippen LogP contribution in [0.1, 0.15) is 22.3 Å². The molecule has 59 heavy (non-hydrogen) atoms. The molecule has 0 N–H and O–H groups in total. The molecular formula is C55H34N2OS. The SMILES string of the molecule is c1ccc(C2(c3ccccc3)c3ccccc3-c3c(-c4cc(-c5ccc(-c6cc7ccccc7o6)cc5)nc(-c5cccc6c5sc5ccccc56)n4)cccc32)cc1. The summed E-state index contributed by atoms with van der Waals surface area (Å²) in [6, 6.07) is 73.7. The Hall–Kier alpha value is -7.40. The number of rotatable bonds is 6. The summed E-state index contributed by atoms with van der Waals surface area (Å²) in [4.78, 5) is 10.9. The first-order chi connectivity index (χ1) is 29.2. The highest BCUT2D eigenvalue weighted by Gasteiger charge is 2.46. The van der Waals surface area contributed by atoms with Gasteiger partial charge in [0.25, 0.3) is 0 Å². The normalized spacial score (nSPS) is 12.9. The van der Waals surface area contributed by atoms with Gasteiger partial charge in [-0.1, -0.05) is 176 Å². The summed E-state index contributed by atoms with van der Waals surface area (Å²) in [5.74, 6) is 1.55. The van der Waals surface area contributed by atoms with Gasteiger partial charge in [-0.15, -0.1) is 11.3 Å². The predicted molar refractivity (Wildman–Crippen MR) is 244 cm³/mol. The third kappa shape index (κ3) is 5.20. The van der Waals surface area contributed by atoms with Crippen LogP contribution in [0, 0.1) is 0 Å². The van der Waals surface area contributed by atoms with Gasteiger partial charge in [-0.2, -0.15) is 0 Å². The molecule has 0 fully saturated rings.